The van der Waals surface area contributed by atoms with Gasteiger partial charge in [0.1, 0.15) is 12.6 Å². The molecule has 0 amide bonds. The maximum absolute atomic E-state index is 5.58. The van der Waals surface area contributed by atoms with Crippen molar-refractivity contribution in [2.45, 2.75) is 33.1 Å². The predicted octanol–water partition coefficient (Wildman–Crippen LogP) is 4.17. The lowest BCUT2D eigenvalue weighted by molar-refractivity contribution is -0.0528. The van der Waals surface area contributed by atoms with Crippen LogP contribution >= 0.6 is 0 Å². The highest BCUT2D eigenvalue weighted by Crippen LogP contribution is 2.40. The normalized spacial score (nSPS) is 15.9. The number of piperidine rings is 1. The van der Waals surface area contributed by atoms with Crippen molar-refractivity contribution < 1.29 is 23.7 Å². The van der Waals surface area contributed by atoms with Crippen LogP contribution in [0.5, 0.6) is 17.2 Å². The molecule has 1 unspecified atom stereocenters. The molecule has 33 heavy (non-hydrogen) atoms. The van der Waals surface area contributed by atoms with Gasteiger partial charge >= 0.3 is 0 Å². The van der Waals surface area contributed by atoms with Crippen molar-refractivity contribution in [1.82, 2.24) is 9.97 Å². The van der Waals surface area contributed by atoms with E-state index < -0.39 is 0 Å². The Morgan fingerprint density at radius 3 is 2.52 bits per heavy atom. The van der Waals surface area contributed by atoms with Crippen LogP contribution in [-0.4, -0.2) is 64.4 Å². The third-order valence-corrected chi connectivity index (χ3v) is 5.73. The van der Waals surface area contributed by atoms with Gasteiger partial charge in [0.2, 0.25) is 11.7 Å². The van der Waals surface area contributed by atoms with Crippen LogP contribution in [0.1, 0.15) is 31.7 Å². The van der Waals surface area contributed by atoms with Gasteiger partial charge in [-0.3, -0.25) is 0 Å². The Morgan fingerprint density at radius 1 is 1.09 bits per heavy atom. The zero-order valence-electron chi connectivity index (χ0n) is 20.3. The van der Waals surface area contributed by atoms with E-state index in [1.54, 1.807) is 21.3 Å². The van der Waals surface area contributed by atoms with Crippen molar-refractivity contribution in [3.8, 4) is 17.2 Å². The fraction of sp³-hybridized carbons (Fsp3) is 0.583. The number of ether oxygens (including phenoxy) is 5. The highest BCUT2D eigenvalue weighted by Gasteiger charge is 2.23. The quantitative estimate of drug-likeness (QED) is 0.370. The van der Waals surface area contributed by atoms with E-state index in [0.29, 0.717) is 42.5 Å². The number of nitrogens with one attached hydrogen (secondary N) is 1. The van der Waals surface area contributed by atoms with Gasteiger partial charge in [0.15, 0.2) is 11.5 Å². The molecule has 0 radical (unpaired) electrons. The van der Waals surface area contributed by atoms with E-state index >= 15 is 0 Å². The predicted molar refractivity (Wildman–Crippen MR) is 128 cm³/mol. The molecule has 1 aromatic carbocycles. The smallest absolute Gasteiger partial charge is 0.229 e. The van der Waals surface area contributed by atoms with Crippen molar-refractivity contribution in [1.29, 1.82) is 0 Å². The first-order valence-corrected chi connectivity index (χ1v) is 11.4. The van der Waals surface area contributed by atoms with Crippen molar-refractivity contribution in [2.75, 3.05) is 64.6 Å². The molecule has 1 aliphatic rings. The topological polar surface area (TPSA) is 87.2 Å². The van der Waals surface area contributed by atoms with Crippen LogP contribution in [0.4, 0.5) is 17.5 Å². The number of hydrogen-bond donors (Lipinski definition) is 1. The second-order valence-electron chi connectivity index (χ2n) is 8.00. The van der Waals surface area contributed by atoms with Crippen LogP contribution in [0.2, 0.25) is 0 Å². The van der Waals surface area contributed by atoms with E-state index in [1.807, 2.05) is 32.2 Å². The van der Waals surface area contributed by atoms with E-state index in [-0.39, 0.29) is 0 Å². The van der Waals surface area contributed by atoms with Crippen molar-refractivity contribution in [2.24, 2.45) is 5.92 Å². The van der Waals surface area contributed by atoms with Crippen LogP contribution in [0, 0.1) is 12.8 Å². The molecule has 1 N–H and O–H groups in total. The molecule has 1 atom stereocenters. The van der Waals surface area contributed by atoms with Gasteiger partial charge in [-0.25, -0.2) is 4.98 Å². The summed E-state index contributed by atoms with van der Waals surface area (Å²) in [4.78, 5) is 11.7. The van der Waals surface area contributed by atoms with Gasteiger partial charge < -0.3 is 33.9 Å². The molecule has 1 aliphatic heterocycles. The minimum atomic E-state index is 0.369. The van der Waals surface area contributed by atoms with Crippen LogP contribution in [0.3, 0.4) is 0 Å². The fourth-order valence-electron chi connectivity index (χ4n) is 4.04. The molecule has 182 valence electrons. The average molecular weight is 461 g/mol. The Labute approximate surface area is 196 Å². The van der Waals surface area contributed by atoms with Crippen LogP contribution < -0.4 is 24.4 Å². The van der Waals surface area contributed by atoms with E-state index in [1.165, 1.54) is 6.42 Å². The van der Waals surface area contributed by atoms with Gasteiger partial charge in [-0.05, 0) is 39.0 Å². The standard InChI is InChI=1S/C24H36N4O5/c1-6-32-16-33-11-9-18-8-7-10-28(15-18)23-17(2)14-25-24(27-23)26-19-12-20(29-3)22(31-5)21(13-19)30-4/h12-14,18H,6-11,15-16H2,1-5H3,(H,25,26,27). The molecular weight excluding hydrogens is 424 g/mol. The first-order chi connectivity index (χ1) is 16.1. The Balaban J connectivity index is 1.71. The van der Waals surface area contributed by atoms with E-state index in [9.17, 15) is 0 Å². The number of nitrogens with zero attached hydrogens (tertiary/aromatic N) is 3. The summed E-state index contributed by atoms with van der Waals surface area (Å²) in [5.74, 6) is 3.73. The highest BCUT2D eigenvalue weighted by atomic mass is 16.7. The molecule has 9 nitrogen and oxygen atoms in total. The lowest BCUT2D eigenvalue weighted by Gasteiger charge is -2.34. The number of rotatable bonds is 12. The van der Waals surface area contributed by atoms with Crippen molar-refractivity contribution in [3.05, 3.63) is 23.9 Å². The first-order valence-electron chi connectivity index (χ1n) is 11.4. The Kier molecular flexibility index (Phi) is 9.38. The third kappa shape index (κ3) is 6.61. The summed E-state index contributed by atoms with van der Waals surface area (Å²) < 4.78 is 27.1. The maximum atomic E-state index is 5.58. The second kappa shape index (κ2) is 12.5. The third-order valence-electron chi connectivity index (χ3n) is 5.73. The van der Waals surface area contributed by atoms with Gasteiger partial charge in [-0.2, -0.15) is 4.98 Å². The zero-order chi connectivity index (χ0) is 23.6. The number of methoxy groups -OCH3 is 3. The summed E-state index contributed by atoms with van der Waals surface area (Å²) in [6.07, 6.45) is 5.21. The highest BCUT2D eigenvalue weighted by molar-refractivity contribution is 5.66. The summed E-state index contributed by atoms with van der Waals surface area (Å²) in [5, 5.41) is 3.28. The van der Waals surface area contributed by atoms with E-state index in [2.05, 4.69) is 15.2 Å². The monoisotopic (exact) mass is 460 g/mol. The lowest BCUT2D eigenvalue weighted by atomic mass is 9.95. The molecule has 0 saturated carbocycles. The zero-order valence-corrected chi connectivity index (χ0v) is 20.3. The summed E-state index contributed by atoms with van der Waals surface area (Å²) in [5.41, 5.74) is 1.81. The fourth-order valence-corrected chi connectivity index (χ4v) is 4.04. The number of benzene rings is 1. The average Bonchev–Trinajstić information content (AvgIpc) is 2.84. The van der Waals surface area contributed by atoms with Crippen molar-refractivity contribution in [3.63, 3.8) is 0 Å². The molecule has 0 bridgehead atoms. The summed E-state index contributed by atoms with van der Waals surface area (Å²) in [7, 11) is 4.77. The molecule has 0 spiro atoms. The molecular formula is C24H36N4O5. The van der Waals surface area contributed by atoms with Crippen LogP contribution in [-0.2, 0) is 9.47 Å². The van der Waals surface area contributed by atoms with Gasteiger partial charge in [0, 0.05) is 55.9 Å². The molecule has 9 heteroatoms. The van der Waals surface area contributed by atoms with Crippen LogP contribution in [0.15, 0.2) is 18.3 Å². The molecule has 1 fully saturated rings. The Morgan fingerprint density at radius 2 is 1.85 bits per heavy atom. The van der Waals surface area contributed by atoms with Crippen molar-refractivity contribution >= 4 is 17.5 Å². The minimum Gasteiger partial charge on any atom is -0.493 e. The Hall–Kier alpha value is -2.78. The van der Waals surface area contributed by atoms with E-state index in [0.717, 1.165) is 49.6 Å². The summed E-state index contributed by atoms with van der Waals surface area (Å²) >= 11 is 0. The summed E-state index contributed by atoms with van der Waals surface area (Å²) in [6.45, 7) is 7.72. The second-order valence-corrected chi connectivity index (χ2v) is 8.00. The molecule has 2 aromatic rings. The summed E-state index contributed by atoms with van der Waals surface area (Å²) in [6, 6.07) is 3.67. The molecule has 3 rings (SSSR count). The first kappa shape index (κ1) is 24.9. The molecule has 1 saturated heterocycles. The Bertz CT molecular complexity index is 870. The van der Waals surface area contributed by atoms with Gasteiger partial charge in [0.05, 0.1) is 21.3 Å². The van der Waals surface area contributed by atoms with Gasteiger partial charge in [0.25, 0.3) is 0 Å². The number of anilines is 3. The van der Waals surface area contributed by atoms with Gasteiger partial charge in [-0.1, -0.05) is 0 Å². The lowest BCUT2D eigenvalue weighted by Crippen LogP contribution is -2.37. The number of hydrogen-bond acceptors (Lipinski definition) is 9. The molecule has 0 aliphatic carbocycles. The van der Waals surface area contributed by atoms with Gasteiger partial charge in [-0.15, -0.1) is 0 Å². The van der Waals surface area contributed by atoms with E-state index in [4.69, 9.17) is 28.7 Å². The number of aromatic nitrogens is 2. The SMILES string of the molecule is CCOCOCCC1CCCN(c2nc(Nc3cc(OC)c(OC)c(OC)c3)ncc2C)C1. The molecule has 2 heterocycles. The molecule has 1 aromatic heterocycles. The number of aryl methyl sites for hydroxylation is 1. The largest absolute Gasteiger partial charge is 0.493 e. The minimum absolute atomic E-state index is 0.369. The maximum Gasteiger partial charge on any atom is 0.229 e. The van der Waals surface area contributed by atoms with Crippen LogP contribution in [0.25, 0.3) is 0 Å².